The number of hydrogen-bond acceptors (Lipinski definition) is 6. The van der Waals surface area contributed by atoms with Gasteiger partial charge in [0.25, 0.3) is 0 Å². The van der Waals surface area contributed by atoms with Crippen LogP contribution in [0, 0.1) is 6.92 Å². The van der Waals surface area contributed by atoms with Crippen molar-refractivity contribution in [1.82, 2.24) is 15.0 Å². The second-order valence-corrected chi connectivity index (χ2v) is 6.94. The maximum absolute atomic E-state index is 6.21. The Labute approximate surface area is 139 Å². The van der Waals surface area contributed by atoms with E-state index < -0.39 is 0 Å². The summed E-state index contributed by atoms with van der Waals surface area (Å²) in [6.45, 7) is 1.85. The highest BCUT2D eigenvalue weighted by molar-refractivity contribution is 7.98. The monoisotopic (exact) mass is 356 g/mol. The maximum Gasteiger partial charge on any atom is 0.191 e. The first-order chi connectivity index (χ1) is 10.0. The number of anilines is 1. The Kier molecular flexibility index (Phi) is 4.21. The Balaban J connectivity index is 1.86. The van der Waals surface area contributed by atoms with Crippen molar-refractivity contribution in [3.63, 3.8) is 0 Å². The summed E-state index contributed by atoms with van der Waals surface area (Å²) in [5, 5.41) is 4.46. The van der Waals surface area contributed by atoms with Crippen LogP contribution < -0.4 is 5.73 Å². The van der Waals surface area contributed by atoms with Crippen molar-refractivity contribution in [2.24, 2.45) is 0 Å². The van der Waals surface area contributed by atoms with Gasteiger partial charge in [0.2, 0.25) is 0 Å². The molecule has 0 amide bonds. The standard InChI is InChI=1S/C13H10Cl2N4S2/c1-6-4-9(14)8(10(15)17-6)5-21-13-18-11(16)7-2-3-20-12(7)19-13/h2-4H,5H2,1H3,(H2,16,18,19). The zero-order chi connectivity index (χ0) is 15.0. The van der Waals surface area contributed by atoms with Gasteiger partial charge < -0.3 is 5.73 Å². The molecule has 108 valence electrons. The highest BCUT2D eigenvalue weighted by Crippen LogP contribution is 2.32. The lowest BCUT2D eigenvalue weighted by atomic mass is 10.3. The minimum Gasteiger partial charge on any atom is -0.383 e. The molecule has 0 saturated carbocycles. The second kappa shape index (κ2) is 5.96. The maximum atomic E-state index is 6.21. The van der Waals surface area contributed by atoms with E-state index in [2.05, 4.69) is 15.0 Å². The molecular formula is C13H10Cl2N4S2. The molecule has 0 aliphatic carbocycles. The number of thioether (sulfide) groups is 1. The van der Waals surface area contributed by atoms with Crippen molar-refractivity contribution < 1.29 is 0 Å². The molecule has 0 fully saturated rings. The summed E-state index contributed by atoms with van der Waals surface area (Å²) in [4.78, 5) is 13.9. The molecule has 2 N–H and O–H groups in total. The molecule has 0 aliphatic rings. The molecule has 0 aromatic carbocycles. The second-order valence-electron chi connectivity index (χ2n) is 4.33. The van der Waals surface area contributed by atoms with Crippen LogP contribution in [0.2, 0.25) is 10.2 Å². The van der Waals surface area contributed by atoms with E-state index in [9.17, 15) is 0 Å². The van der Waals surface area contributed by atoms with Gasteiger partial charge in [-0.05, 0) is 24.4 Å². The molecular weight excluding hydrogens is 347 g/mol. The highest BCUT2D eigenvalue weighted by atomic mass is 35.5. The molecule has 0 bridgehead atoms. The Hall–Kier alpha value is -1.08. The lowest BCUT2D eigenvalue weighted by Gasteiger charge is -2.07. The third kappa shape index (κ3) is 3.08. The van der Waals surface area contributed by atoms with E-state index >= 15 is 0 Å². The van der Waals surface area contributed by atoms with E-state index in [0.717, 1.165) is 21.5 Å². The van der Waals surface area contributed by atoms with Crippen molar-refractivity contribution in [3.05, 3.63) is 38.9 Å². The minimum atomic E-state index is 0.415. The highest BCUT2D eigenvalue weighted by Gasteiger charge is 2.12. The summed E-state index contributed by atoms with van der Waals surface area (Å²) >= 11 is 15.3. The van der Waals surface area contributed by atoms with E-state index in [1.807, 2.05) is 18.4 Å². The summed E-state index contributed by atoms with van der Waals surface area (Å²) in [5.41, 5.74) is 7.50. The fourth-order valence-corrected chi connectivity index (χ4v) is 4.35. The third-order valence-corrected chi connectivity index (χ3v) is 5.16. The van der Waals surface area contributed by atoms with Crippen LogP contribution in [0.4, 0.5) is 5.82 Å². The first-order valence-corrected chi connectivity index (χ1v) is 8.61. The Bertz CT molecular complexity index is 796. The SMILES string of the molecule is Cc1cc(Cl)c(CSc2nc(N)c3ccsc3n2)c(Cl)n1. The van der Waals surface area contributed by atoms with Gasteiger partial charge in [-0.2, -0.15) is 0 Å². The van der Waals surface area contributed by atoms with Crippen LogP contribution in [0.1, 0.15) is 11.3 Å². The van der Waals surface area contributed by atoms with Crippen LogP contribution in [0.5, 0.6) is 0 Å². The Morgan fingerprint density at radius 2 is 2.10 bits per heavy atom. The molecule has 3 aromatic rings. The van der Waals surface area contributed by atoms with Gasteiger partial charge in [-0.1, -0.05) is 35.0 Å². The number of aryl methyl sites for hydroxylation is 1. The Morgan fingerprint density at radius 3 is 2.86 bits per heavy atom. The number of nitrogens with two attached hydrogens (primary N) is 1. The quantitative estimate of drug-likeness (QED) is 0.422. The number of rotatable bonds is 3. The van der Waals surface area contributed by atoms with Crippen molar-refractivity contribution in [1.29, 1.82) is 0 Å². The summed E-state index contributed by atoms with van der Waals surface area (Å²) in [6.07, 6.45) is 0. The number of aromatic nitrogens is 3. The molecule has 0 radical (unpaired) electrons. The van der Waals surface area contributed by atoms with Gasteiger partial charge in [0.05, 0.1) is 5.39 Å². The van der Waals surface area contributed by atoms with E-state index in [1.165, 1.54) is 23.1 Å². The number of nitrogen functional groups attached to an aromatic ring is 1. The van der Waals surface area contributed by atoms with Gasteiger partial charge in [0, 0.05) is 22.0 Å². The normalized spacial score (nSPS) is 11.2. The number of thiophene rings is 1. The van der Waals surface area contributed by atoms with Gasteiger partial charge in [0.1, 0.15) is 15.8 Å². The number of nitrogens with zero attached hydrogens (tertiary/aromatic N) is 3. The van der Waals surface area contributed by atoms with Gasteiger partial charge in [-0.25, -0.2) is 15.0 Å². The molecule has 0 atom stereocenters. The van der Waals surface area contributed by atoms with E-state index in [0.29, 0.717) is 26.9 Å². The lowest BCUT2D eigenvalue weighted by Crippen LogP contribution is -1.96. The van der Waals surface area contributed by atoms with E-state index in [4.69, 9.17) is 28.9 Å². The fourth-order valence-electron chi connectivity index (χ4n) is 1.81. The molecule has 0 saturated heterocycles. The van der Waals surface area contributed by atoms with Crippen LogP contribution in [-0.2, 0) is 5.75 Å². The average molecular weight is 357 g/mol. The van der Waals surface area contributed by atoms with Crippen LogP contribution in [0.3, 0.4) is 0 Å². The van der Waals surface area contributed by atoms with E-state index in [-0.39, 0.29) is 0 Å². The first kappa shape index (κ1) is 14.8. The van der Waals surface area contributed by atoms with Gasteiger partial charge in [0.15, 0.2) is 5.16 Å². The van der Waals surface area contributed by atoms with Crippen LogP contribution >= 0.6 is 46.3 Å². The smallest absolute Gasteiger partial charge is 0.191 e. The van der Waals surface area contributed by atoms with Crippen molar-refractivity contribution in [2.75, 3.05) is 5.73 Å². The third-order valence-electron chi connectivity index (χ3n) is 2.83. The van der Waals surface area contributed by atoms with Crippen molar-refractivity contribution in [2.45, 2.75) is 17.8 Å². The van der Waals surface area contributed by atoms with Crippen molar-refractivity contribution >= 4 is 62.3 Å². The first-order valence-electron chi connectivity index (χ1n) is 5.99. The van der Waals surface area contributed by atoms with Gasteiger partial charge in [-0.15, -0.1) is 11.3 Å². The number of halogens is 2. The molecule has 0 spiro atoms. The van der Waals surface area contributed by atoms with Gasteiger partial charge >= 0.3 is 0 Å². The fraction of sp³-hybridized carbons (Fsp3) is 0.154. The van der Waals surface area contributed by atoms with Crippen LogP contribution in [-0.4, -0.2) is 15.0 Å². The summed E-state index contributed by atoms with van der Waals surface area (Å²) in [6, 6.07) is 3.71. The number of pyridine rings is 1. The van der Waals surface area contributed by atoms with Crippen LogP contribution in [0.25, 0.3) is 10.2 Å². The predicted octanol–water partition coefficient (Wildman–Crippen LogP) is 4.58. The lowest BCUT2D eigenvalue weighted by molar-refractivity contribution is 1.02. The van der Waals surface area contributed by atoms with Gasteiger partial charge in [-0.3, -0.25) is 0 Å². The number of fused-ring (bicyclic) bond motifs is 1. The van der Waals surface area contributed by atoms with E-state index in [1.54, 1.807) is 6.07 Å². The molecule has 0 aliphatic heterocycles. The molecule has 0 unspecified atom stereocenters. The molecule has 3 heterocycles. The summed E-state index contributed by atoms with van der Waals surface area (Å²) in [5.74, 6) is 1.03. The summed E-state index contributed by atoms with van der Waals surface area (Å²) < 4.78 is 0. The van der Waals surface area contributed by atoms with Crippen molar-refractivity contribution in [3.8, 4) is 0 Å². The molecule has 3 rings (SSSR count). The van der Waals surface area contributed by atoms with Crippen LogP contribution in [0.15, 0.2) is 22.7 Å². The predicted molar refractivity (Wildman–Crippen MR) is 90.4 cm³/mol. The largest absolute Gasteiger partial charge is 0.383 e. The molecule has 21 heavy (non-hydrogen) atoms. The Morgan fingerprint density at radius 1 is 1.29 bits per heavy atom. The topological polar surface area (TPSA) is 64.7 Å². The number of hydrogen-bond donors (Lipinski definition) is 1. The minimum absolute atomic E-state index is 0.415. The average Bonchev–Trinajstić information content (AvgIpc) is 2.86. The molecule has 8 heteroatoms. The molecule has 3 aromatic heterocycles. The zero-order valence-electron chi connectivity index (χ0n) is 10.9. The molecule has 4 nitrogen and oxygen atoms in total. The zero-order valence-corrected chi connectivity index (χ0v) is 14.1. The summed E-state index contributed by atoms with van der Waals surface area (Å²) in [7, 11) is 0.